The quantitative estimate of drug-likeness (QED) is 0.889. The summed E-state index contributed by atoms with van der Waals surface area (Å²) in [6.07, 6.45) is 0. The molecule has 1 aromatic rings. The monoisotopic (exact) mass is 318 g/mol. The normalized spacial score (nSPS) is 16.9. The van der Waals surface area contributed by atoms with Gasteiger partial charge in [-0.3, -0.25) is 9.69 Å². The molecule has 2 N–H and O–H groups in total. The molecule has 0 spiro atoms. The maximum Gasteiger partial charge on any atom is 0.320 e. The Morgan fingerprint density at radius 1 is 1.09 bits per heavy atom. The molecule has 1 aliphatic rings. The lowest BCUT2D eigenvalue weighted by Crippen LogP contribution is -2.54. The number of nitrogens with zero attached hydrogens (tertiary/aromatic N) is 3. The number of hydrogen-bond donors (Lipinski definition) is 1. The van der Waals surface area contributed by atoms with Crippen molar-refractivity contribution in [2.24, 2.45) is 5.73 Å². The van der Waals surface area contributed by atoms with E-state index in [9.17, 15) is 9.59 Å². The third kappa shape index (κ3) is 4.01. The highest BCUT2D eigenvalue weighted by atomic mass is 16.2. The number of urea groups is 1. The summed E-state index contributed by atoms with van der Waals surface area (Å²) in [5.41, 5.74) is 6.52. The lowest BCUT2D eigenvalue weighted by molar-refractivity contribution is -0.124. The summed E-state index contributed by atoms with van der Waals surface area (Å²) in [5, 5.41) is 0. The van der Waals surface area contributed by atoms with Crippen molar-refractivity contribution in [2.75, 3.05) is 39.3 Å². The van der Waals surface area contributed by atoms with Crippen molar-refractivity contribution in [2.45, 2.75) is 19.9 Å². The fourth-order valence-electron chi connectivity index (χ4n) is 3.06. The molecule has 0 bridgehead atoms. The summed E-state index contributed by atoms with van der Waals surface area (Å²) in [7, 11) is 0. The molecule has 2 rings (SSSR count). The minimum atomic E-state index is -0.429. The molecule has 0 aliphatic carbocycles. The zero-order valence-corrected chi connectivity index (χ0v) is 13.9. The van der Waals surface area contributed by atoms with E-state index in [4.69, 9.17) is 5.73 Å². The third-order valence-electron chi connectivity index (χ3n) is 4.37. The van der Waals surface area contributed by atoms with Gasteiger partial charge in [-0.15, -0.1) is 0 Å². The smallest absolute Gasteiger partial charge is 0.320 e. The van der Waals surface area contributed by atoms with E-state index in [0.717, 1.165) is 5.56 Å². The van der Waals surface area contributed by atoms with Gasteiger partial charge in [0.15, 0.2) is 0 Å². The van der Waals surface area contributed by atoms with Crippen LogP contribution in [0.3, 0.4) is 0 Å². The highest BCUT2D eigenvalue weighted by molar-refractivity contribution is 5.81. The first-order valence-electron chi connectivity index (χ1n) is 8.20. The van der Waals surface area contributed by atoms with E-state index < -0.39 is 6.04 Å². The summed E-state index contributed by atoms with van der Waals surface area (Å²) < 4.78 is 0. The van der Waals surface area contributed by atoms with Gasteiger partial charge < -0.3 is 15.5 Å². The molecule has 0 saturated carbocycles. The Morgan fingerprint density at radius 3 is 2.13 bits per heavy atom. The van der Waals surface area contributed by atoms with Gasteiger partial charge in [0.1, 0.15) is 6.04 Å². The van der Waals surface area contributed by atoms with Crippen LogP contribution in [0.5, 0.6) is 0 Å². The van der Waals surface area contributed by atoms with Gasteiger partial charge in [0, 0.05) is 39.3 Å². The van der Waals surface area contributed by atoms with Gasteiger partial charge in [0.05, 0.1) is 0 Å². The van der Waals surface area contributed by atoms with Crippen molar-refractivity contribution in [1.29, 1.82) is 0 Å². The summed E-state index contributed by atoms with van der Waals surface area (Å²) in [6, 6.07) is 9.22. The molecular formula is C17H26N4O2. The van der Waals surface area contributed by atoms with Crippen LogP contribution in [0.1, 0.15) is 25.5 Å². The van der Waals surface area contributed by atoms with Gasteiger partial charge in [-0.1, -0.05) is 30.3 Å². The van der Waals surface area contributed by atoms with E-state index in [1.807, 2.05) is 54.0 Å². The maximum absolute atomic E-state index is 12.4. The lowest BCUT2D eigenvalue weighted by Gasteiger charge is -2.39. The molecule has 1 fully saturated rings. The van der Waals surface area contributed by atoms with Gasteiger partial charge >= 0.3 is 6.03 Å². The molecule has 23 heavy (non-hydrogen) atoms. The Bertz CT molecular complexity index is 523. The average molecular weight is 318 g/mol. The molecule has 0 unspecified atom stereocenters. The van der Waals surface area contributed by atoms with Crippen molar-refractivity contribution in [3.63, 3.8) is 0 Å². The van der Waals surface area contributed by atoms with Gasteiger partial charge in [0.25, 0.3) is 0 Å². The van der Waals surface area contributed by atoms with Crippen LogP contribution in [0, 0.1) is 0 Å². The molecule has 1 aromatic carbocycles. The second-order valence-electron chi connectivity index (χ2n) is 5.69. The molecule has 6 nitrogen and oxygen atoms in total. The number of rotatable bonds is 5. The predicted octanol–water partition coefficient (Wildman–Crippen LogP) is 1.29. The van der Waals surface area contributed by atoms with Gasteiger partial charge in [-0.25, -0.2) is 4.79 Å². The van der Waals surface area contributed by atoms with Crippen LogP contribution in [-0.2, 0) is 4.79 Å². The molecule has 1 atom stereocenters. The fraction of sp³-hybridized carbons (Fsp3) is 0.529. The van der Waals surface area contributed by atoms with E-state index in [1.165, 1.54) is 0 Å². The van der Waals surface area contributed by atoms with Crippen molar-refractivity contribution in [3.05, 3.63) is 35.9 Å². The number of primary amides is 1. The largest absolute Gasteiger partial charge is 0.368 e. The highest BCUT2D eigenvalue weighted by Crippen LogP contribution is 2.22. The first-order chi connectivity index (χ1) is 11.1. The molecule has 3 amide bonds. The fourth-order valence-corrected chi connectivity index (χ4v) is 3.06. The average Bonchev–Trinajstić information content (AvgIpc) is 2.57. The van der Waals surface area contributed by atoms with E-state index in [-0.39, 0.29) is 11.9 Å². The number of amides is 3. The number of nitrogens with two attached hydrogens (primary N) is 1. The van der Waals surface area contributed by atoms with Gasteiger partial charge in [-0.05, 0) is 19.4 Å². The van der Waals surface area contributed by atoms with Crippen molar-refractivity contribution >= 4 is 11.9 Å². The number of hydrogen-bond acceptors (Lipinski definition) is 3. The zero-order valence-electron chi connectivity index (χ0n) is 13.9. The summed E-state index contributed by atoms with van der Waals surface area (Å²) >= 11 is 0. The van der Waals surface area contributed by atoms with E-state index in [1.54, 1.807) is 0 Å². The number of benzene rings is 1. The van der Waals surface area contributed by atoms with Crippen LogP contribution in [-0.4, -0.2) is 65.9 Å². The Labute approximate surface area is 137 Å². The second kappa shape index (κ2) is 7.97. The molecule has 1 saturated heterocycles. The van der Waals surface area contributed by atoms with Crippen LogP contribution in [0.4, 0.5) is 4.79 Å². The minimum Gasteiger partial charge on any atom is -0.368 e. The molecular weight excluding hydrogens is 292 g/mol. The molecule has 6 heteroatoms. The molecule has 0 radical (unpaired) electrons. The van der Waals surface area contributed by atoms with Crippen LogP contribution in [0.25, 0.3) is 0 Å². The van der Waals surface area contributed by atoms with Crippen molar-refractivity contribution < 1.29 is 9.59 Å². The van der Waals surface area contributed by atoms with Crippen molar-refractivity contribution in [3.8, 4) is 0 Å². The minimum absolute atomic E-state index is 0.0741. The first-order valence-corrected chi connectivity index (χ1v) is 8.20. The standard InChI is InChI=1S/C17H26N4O2/c1-3-19(4-2)17(23)21-12-10-20(11-13-21)15(16(18)22)14-8-6-5-7-9-14/h5-9,15H,3-4,10-13H2,1-2H3,(H2,18,22)/t15-/m0/s1. The van der Waals surface area contributed by atoms with E-state index in [0.29, 0.717) is 39.3 Å². The lowest BCUT2D eigenvalue weighted by atomic mass is 10.0. The topological polar surface area (TPSA) is 69.9 Å². The van der Waals surface area contributed by atoms with Gasteiger partial charge in [-0.2, -0.15) is 0 Å². The molecule has 0 aromatic heterocycles. The Kier molecular flexibility index (Phi) is 5.98. The zero-order chi connectivity index (χ0) is 16.8. The Morgan fingerprint density at radius 2 is 1.65 bits per heavy atom. The predicted molar refractivity (Wildman–Crippen MR) is 89.8 cm³/mol. The van der Waals surface area contributed by atoms with Crippen molar-refractivity contribution in [1.82, 2.24) is 14.7 Å². The summed E-state index contributed by atoms with van der Waals surface area (Å²) in [6.45, 7) is 7.92. The number of piperazine rings is 1. The van der Waals surface area contributed by atoms with E-state index >= 15 is 0 Å². The molecule has 126 valence electrons. The molecule has 1 heterocycles. The van der Waals surface area contributed by atoms with Crippen LogP contribution >= 0.6 is 0 Å². The number of carbonyl (C=O) groups excluding carboxylic acids is 2. The van der Waals surface area contributed by atoms with Crippen LogP contribution in [0.15, 0.2) is 30.3 Å². The Balaban J connectivity index is 2.02. The van der Waals surface area contributed by atoms with Gasteiger partial charge in [0.2, 0.25) is 5.91 Å². The molecule has 1 aliphatic heterocycles. The van der Waals surface area contributed by atoms with E-state index in [2.05, 4.69) is 4.90 Å². The summed E-state index contributed by atoms with van der Waals surface area (Å²) in [4.78, 5) is 30.0. The first kappa shape index (κ1) is 17.3. The Hall–Kier alpha value is -2.08. The third-order valence-corrected chi connectivity index (χ3v) is 4.37. The van der Waals surface area contributed by atoms with Crippen LogP contribution < -0.4 is 5.73 Å². The second-order valence-corrected chi connectivity index (χ2v) is 5.69. The van der Waals surface area contributed by atoms with Crippen LogP contribution in [0.2, 0.25) is 0 Å². The maximum atomic E-state index is 12.4. The summed E-state index contributed by atoms with van der Waals surface area (Å²) in [5.74, 6) is -0.347. The highest BCUT2D eigenvalue weighted by Gasteiger charge is 2.31. The SMILES string of the molecule is CCN(CC)C(=O)N1CCN([C@H](C(N)=O)c2ccccc2)CC1. The number of carbonyl (C=O) groups is 2.